The van der Waals surface area contributed by atoms with Crippen LogP contribution in [0, 0.1) is 13.8 Å². The number of Topliss-reactive ketones (excluding diaryl/α,β-unsaturated/α-hetero) is 1. The summed E-state index contributed by atoms with van der Waals surface area (Å²) in [5.41, 5.74) is 1.73. The third kappa shape index (κ3) is 3.21. The van der Waals surface area contributed by atoms with Crippen LogP contribution in [0.3, 0.4) is 0 Å². The molecule has 0 fully saturated rings. The fraction of sp³-hybridized carbons (Fsp3) is 0.214. The quantitative estimate of drug-likeness (QED) is 0.777. The molecule has 0 saturated heterocycles. The number of nitrogens with zero attached hydrogens (tertiary/aromatic N) is 1. The summed E-state index contributed by atoms with van der Waals surface area (Å²) in [4.78, 5) is 26.1. The lowest BCUT2D eigenvalue weighted by Crippen LogP contribution is -2.23. The van der Waals surface area contributed by atoms with Crippen molar-refractivity contribution >= 4 is 23.1 Å². The molecule has 1 aromatic carbocycles. The van der Waals surface area contributed by atoms with Crippen LogP contribution in [0.15, 0.2) is 23.6 Å². The van der Waals surface area contributed by atoms with Crippen LogP contribution in [0.25, 0.3) is 0 Å². The molecule has 5 nitrogen and oxygen atoms in total. The van der Waals surface area contributed by atoms with Crippen LogP contribution >= 0.6 is 11.3 Å². The Morgan fingerprint density at radius 1 is 1.35 bits per heavy atom. The van der Waals surface area contributed by atoms with Crippen molar-refractivity contribution in [2.24, 2.45) is 0 Å². The summed E-state index contributed by atoms with van der Waals surface area (Å²) < 4.78 is 5.46. The molecule has 0 radical (unpaired) electrons. The topological polar surface area (TPSA) is 79.3 Å². The van der Waals surface area contributed by atoms with E-state index in [0.717, 1.165) is 22.5 Å². The molecule has 0 aliphatic carbocycles. The van der Waals surface area contributed by atoms with Crippen molar-refractivity contribution in [3.05, 3.63) is 45.4 Å². The smallest absolute Gasteiger partial charge is 0.228 e. The highest BCUT2D eigenvalue weighted by molar-refractivity contribution is 7.11. The molecule has 104 valence electrons. The summed E-state index contributed by atoms with van der Waals surface area (Å²) in [6, 6.07) is 5.71. The second kappa shape index (κ2) is 5.83. The summed E-state index contributed by atoms with van der Waals surface area (Å²) in [6.45, 7) is 3.64. The average molecular weight is 290 g/mol. The first kappa shape index (κ1) is 14.2. The summed E-state index contributed by atoms with van der Waals surface area (Å²) in [5, 5.41) is 12.0. The zero-order valence-electron chi connectivity index (χ0n) is 11.0. The van der Waals surface area contributed by atoms with E-state index in [1.165, 1.54) is 5.38 Å². The van der Waals surface area contributed by atoms with Crippen molar-refractivity contribution in [3.63, 3.8) is 0 Å². The zero-order valence-corrected chi connectivity index (χ0v) is 11.8. The van der Waals surface area contributed by atoms with Gasteiger partial charge >= 0.3 is 0 Å². The molecule has 1 aromatic heterocycles. The van der Waals surface area contributed by atoms with Gasteiger partial charge in [-0.15, -0.1) is 11.3 Å². The van der Waals surface area contributed by atoms with Gasteiger partial charge in [0, 0.05) is 5.38 Å². The maximum atomic E-state index is 11.9. The van der Waals surface area contributed by atoms with E-state index < -0.39 is 5.97 Å². The van der Waals surface area contributed by atoms with Crippen LogP contribution < -0.4 is 9.84 Å². The van der Waals surface area contributed by atoms with Gasteiger partial charge in [-0.1, -0.05) is 12.1 Å². The van der Waals surface area contributed by atoms with Crippen LogP contribution in [-0.2, 0) is 0 Å². The molecule has 0 aliphatic heterocycles. The van der Waals surface area contributed by atoms with Crippen molar-refractivity contribution in [3.8, 4) is 5.75 Å². The number of ether oxygens (including phenoxy) is 1. The molecule has 0 bridgehead atoms. The molecule has 0 aliphatic rings. The molecule has 0 spiro atoms. The van der Waals surface area contributed by atoms with Crippen molar-refractivity contribution < 1.29 is 19.4 Å². The number of hydrogen-bond acceptors (Lipinski definition) is 6. The van der Waals surface area contributed by atoms with Crippen molar-refractivity contribution in [1.82, 2.24) is 4.98 Å². The third-order valence-corrected chi connectivity index (χ3v) is 3.54. The molecule has 2 aromatic rings. The van der Waals surface area contributed by atoms with Gasteiger partial charge in [-0.25, -0.2) is 4.98 Å². The Morgan fingerprint density at radius 2 is 2.10 bits per heavy atom. The number of thiazole rings is 1. The summed E-state index contributed by atoms with van der Waals surface area (Å²) in [7, 11) is 0. The van der Waals surface area contributed by atoms with Gasteiger partial charge in [-0.2, -0.15) is 0 Å². The summed E-state index contributed by atoms with van der Waals surface area (Å²) >= 11 is 0.967. The molecule has 0 N–H and O–H groups in total. The fourth-order valence-electron chi connectivity index (χ4n) is 1.56. The van der Waals surface area contributed by atoms with E-state index in [9.17, 15) is 14.7 Å². The molecule has 2 rings (SSSR count). The molecule has 0 atom stereocenters. The number of rotatable bonds is 5. The van der Waals surface area contributed by atoms with Gasteiger partial charge in [0.05, 0.1) is 11.7 Å². The van der Waals surface area contributed by atoms with Crippen LogP contribution in [-0.4, -0.2) is 23.3 Å². The monoisotopic (exact) mass is 290 g/mol. The summed E-state index contributed by atoms with van der Waals surface area (Å²) in [6.07, 6.45) is 0. The number of carboxylic acid groups (broad SMARTS) is 1. The number of ketones is 1. The maximum Gasteiger partial charge on any atom is 0.228 e. The number of carbonyl (C=O) groups is 2. The molecular weight excluding hydrogens is 278 g/mol. The fourth-order valence-corrected chi connectivity index (χ4v) is 2.28. The highest BCUT2D eigenvalue weighted by Gasteiger charge is 2.13. The van der Waals surface area contributed by atoms with Crippen molar-refractivity contribution in [2.45, 2.75) is 13.8 Å². The highest BCUT2D eigenvalue weighted by Crippen LogP contribution is 2.19. The van der Waals surface area contributed by atoms with Crippen molar-refractivity contribution in [2.75, 3.05) is 6.61 Å². The minimum Gasteiger partial charge on any atom is -0.543 e. The lowest BCUT2D eigenvalue weighted by molar-refractivity contribution is -0.255. The SMILES string of the molecule is Cc1ccc(C)c(OCC(=O)c2nc(C(=O)[O-])cs2)c1. The van der Waals surface area contributed by atoms with Crippen LogP contribution in [0.4, 0.5) is 0 Å². The van der Waals surface area contributed by atoms with Crippen LogP contribution in [0.2, 0.25) is 0 Å². The van der Waals surface area contributed by atoms with Crippen molar-refractivity contribution in [1.29, 1.82) is 0 Å². The zero-order chi connectivity index (χ0) is 14.7. The van der Waals surface area contributed by atoms with Crippen LogP contribution in [0.1, 0.15) is 31.4 Å². The number of aryl methyl sites for hydroxylation is 2. The Kier molecular flexibility index (Phi) is 4.14. The second-order valence-corrected chi connectivity index (χ2v) is 5.16. The van der Waals surface area contributed by atoms with E-state index in [1.54, 1.807) is 0 Å². The maximum absolute atomic E-state index is 11.9. The molecule has 0 unspecified atom stereocenters. The van der Waals surface area contributed by atoms with E-state index in [-0.39, 0.29) is 23.1 Å². The molecule has 0 saturated carbocycles. The number of benzene rings is 1. The second-order valence-electron chi connectivity index (χ2n) is 4.31. The van der Waals surface area contributed by atoms with Gasteiger partial charge in [0.1, 0.15) is 5.75 Å². The Morgan fingerprint density at radius 3 is 2.75 bits per heavy atom. The minimum atomic E-state index is -1.39. The normalized spacial score (nSPS) is 10.3. The lowest BCUT2D eigenvalue weighted by atomic mass is 10.1. The first-order valence-electron chi connectivity index (χ1n) is 5.87. The molecular formula is C14H12NO4S-. The Hall–Kier alpha value is -2.21. The first-order valence-corrected chi connectivity index (χ1v) is 6.75. The number of aromatic carboxylic acids is 1. The molecule has 0 amide bonds. The van der Waals surface area contributed by atoms with E-state index in [2.05, 4.69) is 4.98 Å². The van der Waals surface area contributed by atoms with Gasteiger partial charge in [0.2, 0.25) is 5.78 Å². The standard InChI is InChI=1S/C14H13NO4S/c1-8-3-4-9(2)12(5-8)19-6-11(16)13-15-10(7-20-13)14(17)18/h3-5,7H,6H2,1-2H3,(H,17,18)/p-1. The Bertz CT molecular complexity index is 663. The van der Waals surface area contributed by atoms with Gasteiger partial charge in [-0.05, 0) is 31.0 Å². The Balaban J connectivity index is 2.04. The van der Waals surface area contributed by atoms with Gasteiger partial charge in [0.15, 0.2) is 11.6 Å². The van der Waals surface area contributed by atoms with Gasteiger partial charge < -0.3 is 14.6 Å². The molecule has 20 heavy (non-hydrogen) atoms. The van der Waals surface area contributed by atoms with E-state index in [0.29, 0.717) is 5.75 Å². The molecule has 1 heterocycles. The highest BCUT2D eigenvalue weighted by atomic mass is 32.1. The van der Waals surface area contributed by atoms with E-state index >= 15 is 0 Å². The Labute approximate surface area is 119 Å². The predicted molar refractivity (Wildman–Crippen MR) is 72.2 cm³/mol. The van der Waals surface area contributed by atoms with E-state index in [4.69, 9.17) is 4.74 Å². The first-order chi connectivity index (χ1) is 9.47. The summed E-state index contributed by atoms with van der Waals surface area (Å²) in [5.74, 6) is -1.12. The predicted octanol–water partition coefficient (Wildman–Crippen LogP) is 1.39. The lowest BCUT2D eigenvalue weighted by Gasteiger charge is -2.08. The number of aromatic nitrogens is 1. The number of hydrogen-bond donors (Lipinski definition) is 0. The largest absolute Gasteiger partial charge is 0.543 e. The molecule has 6 heteroatoms. The average Bonchev–Trinajstić information content (AvgIpc) is 2.89. The van der Waals surface area contributed by atoms with E-state index in [1.807, 2.05) is 32.0 Å². The van der Waals surface area contributed by atoms with Crippen LogP contribution in [0.5, 0.6) is 5.75 Å². The number of carboxylic acids is 1. The number of carbonyl (C=O) groups excluding carboxylic acids is 2. The van der Waals surface area contributed by atoms with Gasteiger partial charge in [-0.3, -0.25) is 4.79 Å². The van der Waals surface area contributed by atoms with Gasteiger partial charge in [0.25, 0.3) is 0 Å². The minimum absolute atomic E-state index is 0.106. The third-order valence-electron chi connectivity index (χ3n) is 2.65.